The van der Waals surface area contributed by atoms with Crippen LogP contribution in [0, 0.1) is 0 Å². The number of nitrogens with one attached hydrogen (secondary N) is 1. The summed E-state index contributed by atoms with van der Waals surface area (Å²) in [7, 11) is 3.49. The predicted octanol–water partition coefficient (Wildman–Crippen LogP) is 2.84. The summed E-state index contributed by atoms with van der Waals surface area (Å²) in [6.07, 6.45) is 0.476. The summed E-state index contributed by atoms with van der Waals surface area (Å²) in [5, 5.41) is 22.5. The van der Waals surface area contributed by atoms with Gasteiger partial charge in [0.1, 0.15) is 11.9 Å². The maximum Gasteiger partial charge on any atom is 0.200 e. The van der Waals surface area contributed by atoms with Crippen molar-refractivity contribution in [1.82, 2.24) is 5.32 Å². The Morgan fingerprint density at radius 1 is 1.09 bits per heavy atom. The van der Waals surface area contributed by atoms with Crippen LogP contribution in [0.3, 0.4) is 0 Å². The smallest absolute Gasteiger partial charge is 0.200 e. The van der Waals surface area contributed by atoms with E-state index in [9.17, 15) is 10.2 Å². The number of rotatable bonds is 7. The second kappa shape index (κ2) is 7.56. The number of para-hydroxylation sites is 1. The van der Waals surface area contributed by atoms with Crippen molar-refractivity contribution in [3.05, 3.63) is 48.0 Å². The van der Waals surface area contributed by atoms with Gasteiger partial charge in [0.05, 0.1) is 7.11 Å². The van der Waals surface area contributed by atoms with Crippen LogP contribution < -0.4 is 14.8 Å². The first kappa shape index (κ1) is 16.0. The van der Waals surface area contributed by atoms with E-state index in [1.54, 1.807) is 19.2 Å². The molecule has 5 heteroatoms. The average molecular weight is 303 g/mol. The predicted molar refractivity (Wildman–Crippen MR) is 84.7 cm³/mol. The third-order valence-corrected chi connectivity index (χ3v) is 3.39. The Kier molecular flexibility index (Phi) is 5.49. The molecule has 0 heterocycles. The Bertz CT molecular complexity index is 598. The highest BCUT2D eigenvalue weighted by Gasteiger charge is 2.16. The number of phenols is 2. The van der Waals surface area contributed by atoms with Crippen molar-refractivity contribution in [2.75, 3.05) is 20.7 Å². The van der Waals surface area contributed by atoms with Gasteiger partial charge in [-0.05, 0) is 43.4 Å². The van der Waals surface area contributed by atoms with Gasteiger partial charge in [0.2, 0.25) is 5.75 Å². The van der Waals surface area contributed by atoms with Gasteiger partial charge in [0.15, 0.2) is 11.5 Å². The summed E-state index contributed by atoms with van der Waals surface area (Å²) in [6.45, 7) is 0.760. The zero-order valence-electron chi connectivity index (χ0n) is 12.7. The van der Waals surface area contributed by atoms with Crippen LogP contribution in [0.25, 0.3) is 0 Å². The SMILES string of the molecule is CNCCC(Oc1cccc(O)c1O)c1ccc(OC)cc1. The van der Waals surface area contributed by atoms with Crippen LogP contribution in [-0.4, -0.2) is 30.9 Å². The third kappa shape index (κ3) is 3.83. The number of aromatic hydroxyl groups is 2. The fourth-order valence-electron chi connectivity index (χ4n) is 2.15. The third-order valence-electron chi connectivity index (χ3n) is 3.39. The maximum atomic E-state index is 9.89. The molecule has 2 rings (SSSR count). The standard InChI is InChI=1S/C17H21NO4/c1-18-11-10-15(12-6-8-13(21-2)9-7-12)22-16-5-3-4-14(19)17(16)20/h3-9,15,18-20H,10-11H2,1-2H3. The summed E-state index contributed by atoms with van der Waals surface area (Å²) >= 11 is 0. The van der Waals surface area contributed by atoms with Gasteiger partial charge in [-0.25, -0.2) is 0 Å². The molecule has 2 aromatic carbocycles. The minimum Gasteiger partial charge on any atom is -0.504 e. The Balaban J connectivity index is 2.23. The minimum atomic E-state index is -0.245. The van der Waals surface area contributed by atoms with Gasteiger partial charge in [-0.3, -0.25) is 0 Å². The fraction of sp³-hybridized carbons (Fsp3) is 0.294. The lowest BCUT2D eigenvalue weighted by Crippen LogP contribution is -2.16. The van der Waals surface area contributed by atoms with Crippen LogP contribution in [0.2, 0.25) is 0 Å². The molecule has 0 fully saturated rings. The highest BCUT2D eigenvalue weighted by Crippen LogP contribution is 2.37. The first-order chi connectivity index (χ1) is 10.7. The van der Waals surface area contributed by atoms with Crippen molar-refractivity contribution in [1.29, 1.82) is 0 Å². The van der Waals surface area contributed by atoms with Crippen LogP contribution in [0.1, 0.15) is 18.1 Å². The molecule has 5 nitrogen and oxygen atoms in total. The molecule has 0 radical (unpaired) electrons. The second-order valence-corrected chi connectivity index (χ2v) is 4.90. The fourth-order valence-corrected chi connectivity index (χ4v) is 2.15. The molecular formula is C17H21NO4. The van der Waals surface area contributed by atoms with Gasteiger partial charge in [0.25, 0.3) is 0 Å². The van der Waals surface area contributed by atoms with Gasteiger partial charge in [0, 0.05) is 6.42 Å². The quantitative estimate of drug-likeness (QED) is 0.686. The van der Waals surface area contributed by atoms with Crippen molar-refractivity contribution >= 4 is 0 Å². The van der Waals surface area contributed by atoms with E-state index in [2.05, 4.69) is 5.32 Å². The maximum absolute atomic E-state index is 9.89. The van der Waals surface area contributed by atoms with Gasteiger partial charge in [-0.15, -0.1) is 0 Å². The lowest BCUT2D eigenvalue weighted by atomic mass is 10.1. The molecule has 0 spiro atoms. The molecule has 0 saturated heterocycles. The van der Waals surface area contributed by atoms with Crippen molar-refractivity contribution in [2.24, 2.45) is 0 Å². The summed E-state index contributed by atoms with van der Waals surface area (Å²) in [5.74, 6) is 0.596. The molecule has 2 aromatic rings. The molecule has 118 valence electrons. The molecule has 0 aliphatic carbocycles. The number of hydrogen-bond acceptors (Lipinski definition) is 5. The van der Waals surface area contributed by atoms with Gasteiger partial charge >= 0.3 is 0 Å². The van der Waals surface area contributed by atoms with Gasteiger partial charge in [-0.2, -0.15) is 0 Å². The molecule has 22 heavy (non-hydrogen) atoms. The molecule has 0 aromatic heterocycles. The van der Waals surface area contributed by atoms with Gasteiger partial charge < -0.3 is 25.0 Å². The molecule has 1 atom stereocenters. The molecule has 0 aliphatic rings. The molecule has 0 saturated carbocycles. The summed E-state index contributed by atoms with van der Waals surface area (Å²) in [5.41, 5.74) is 0.971. The lowest BCUT2D eigenvalue weighted by molar-refractivity contribution is 0.186. The summed E-state index contributed by atoms with van der Waals surface area (Å²) in [6, 6.07) is 12.3. The molecule has 0 aliphatic heterocycles. The normalized spacial score (nSPS) is 11.9. The van der Waals surface area contributed by atoms with Crippen LogP contribution in [0.4, 0.5) is 0 Å². The van der Waals surface area contributed by atoms with E-state index >= 15 is 0 Å². The zero-order chi connectivity index (χ0) is 15.9. The Hall–Kier alpha value is -2.40. The van der Waals surface area contributed by atoms with E-state index < -0.39 is 0 Å². The molecule has 1 unspecified atom stereocenters. The molecule has 0 bridgehead atoms. The summed E-state index contributed by atoms with van der Waals surface area (Å²) in [4.78, 5) is 0. The monoisotopic (exact) mass is 303 g/mol. The van der Waals surface area contributed by atoms with Crippen molar-refractivity contribution in [3.8, 4) is 23.0 Å². The number of ether oxygens (including phenoxy) is 2. The van der Waals surface area contributed by atoms with E-state index in [-0.39, 0.29) is 23.4 Å². The molecular weight excluding hydrogens is 282 g/mol. The van der Waals surface area contributed by atoms with Crippen LogP contribution in [-0.2, 0) is 0 Å². The van der Waals surface area contributed by atoms with E-state index in [1.165, 1.54) is 6.07 Å². The van der Waals surface area contributed by atoms with Crippen LogP contribution in [0.15, 0.2) is 42.5 Å². The Morgan fingerprint density at radius 3 is 2.45 bits per heavy atom. The van der Waals surface area contributed by atoms with Crippen molar-refractivity contribution in [3.63, 3.8) is 0 Å². The topological polar surface area (TPSA) is 71.0 Å². The number of hydrogen-bond donors (Lipinski definition) is 3. The van der Waals surface area contributed by atoms with E-state index in [4.69, 9.17) is 9.47 Å². The van der Waals surface area contributed by atoms with Crippen molar-refractivity contribution < 1.29 is 19.7 Å². The average Bonchev–Trinajstić information content (AvgIpc) is 2.55. The van der Waals surface area contributed by atoms with Crippen molar-refractivity contribution in [2.45, 2.75) is 12.5 Å². The first-order valence-corrected chi connectivity index (χ1v) is 7.12. The number of methoxy groups -OCH3 is 1. The zero-order valence-corrected chi connectivity index (χ0v) is 12.7. The Morgan fingerprint density at radius 2 is 1.82 bits per heavy atom. The molecule has 3 N–H and O–H groups in total. The summed E-state index contributed by atoms with van der Waals surface area (Å²) < 4.78 is 11.1. The highest BCUT2D eigenvalue weighted by molar-refractivity contribution is 5.49. The Labute approximate surface area is 130 Å². The van der Waals surface area contributed by atoms with Gasteiger partial charge in [-0.1, -0.05) is 18.2 Å². The highest BCUT2D eigenvalue weighted by atomic mass is 16.5. The number of phenolic OH excluding ortho intramolecular Hbond substituents is 2. The lowest BCUT2D eigenvalue weighted by Gasteiger charge is -2.20. The van der Waals surface area contributed by atoms with Crippen LogP contribution >= 0.6 is 0 Å². The largest absolute Gasteiger partial charge is 0.504 e. The van der Waals surface area contributed by atoms with E-state index in [0.717, 1.165) is 24.3 Å². The van der Waals surface area contributed by atoms with E-state index in [0.29, 0.717) is 0 Å². The minimum absolute atomic E-state index is 0.195. The van der Waals surface area contributed by atoms with Crippen LogP contribution in [0.5, 0.6) is 23.0 Å². The second-order valence-electron chi connectivity index (χ2n) is 4.90. The number of benzene rings is 2. The molecule has 0 amide bonds. The van der Waals surface area contributed by atoms with E-state index in [1.807, 2.05) is 31.3 Å². The first-order valence-electron chi connectivity index (χ1n) is 7.12.